The Balaban J connectivity index is 2.43. The molecule has 0 heterocycles. The molecule has 0 aliphatic heterocycles. The molecular formula is C11H21NO. The van der Waals surface area contributed by atoms with Crippen LogP contribution in [-0.4, -0.2) is 11.4 Å². The molecule has 1 N–H and O–H groups in total. The molecule has 1 aliphatic carbocycles. The highest BCUT2D eigenvalue weighted by atomic mass is 16.2. The van der Waals surface area contributed by atoms with Crippen molar-refractivity contribution in [3.05, 3.63) is 0 Å². The van der Waals surface area contributed by atoms with Crippen molar-refractivity contribution in [1.82, 2.24) is 5.32 Å². The van der Waals surface area contributed by atoms with Gasteiger partial charge >= 0.3 is 0 Å². The lowest BCUT2D eigenvalue weighted by Crippen LogP contribution is -2.41. The fourth-order valence-electron chi connectivity index (χ4n) is 2.06. The Labute approximate surface area is 81.1 Å². The van der Waals surface area contributed by atoms with Crippen LogP contribution in [0.4, 0.5) is 0 Å². The monoisotopic (exact) mass is 183 g/mol. The molecule has 3 unspecified atom stereocenters. The Morgan fingerprint density at radius 1 is 1.38 bits per heavy atom. The number of rotatable bonds is 2. The summed E-state index contributed by atoms with van der Waals surface area (Å²) in [5.74, 6) is 1.74. The molecule has 0 aromatic carbocycles. The maximum atomic E-state index is 11.7. The maximum Gasteiger partial charge on any atom is 0.224 e. The molecular weight excluding hydrogens is 162 g/mol. The van der Waals surface area contributed by atoms with E-state index < -0.39 is 0 Å². The molecule has 0 radical (unpaired) electrons. The molecule has 2 heteroatoms. The van der Waals surface area contributed by atoms with Crippen LogP contribution in [0.15, 0.2) is 0 Å². The summed E-state index contributed by atoms with van der Waals surface area (Å²) < 4.78 is 0. The zero-order valence-electron chi connectivity index (χ0n) is 9.35. The van der Waals surface area contributed by atoms with E-state index in [0.717, 1.165) is 6.42 Å². The number of carbonyl (C=O) groups is 1. The van der Waals surface area contributed by atoms with Crippen LogP contribution in [0.2, 0.25) is 0 Å². The normalized spacial score (nSPS) is 32.8. The lowest BCUT2D eigenvalue weighted by molar-refractivity contribution is -0.124. The zero-order chi connectivity index (χ0) is 10.2. The van der Waals surface area contributed by atoms with E-state index in [1.807, 2.05) is 20.8 Å². The van der Waals surface area contributed by atoms with Crippen molar-refractivity contribution in [2.45, 2.75) is 46.6 Å². The number of carbonyl (C=O) groups excluding carboxylic acids is 1. The minimum atomic E-state index is -0.0856. The predicted octanol–water partition coefficient (Wildman–Crippen LogP) is 2.19. The number of nitrogens with one attached hydrogen (secondary N) is 1. The van der Waals surface area contributed by atoms with Crippen LogP contribution in [0, 0.1) is 17.8 Å². The van der Waals surface area contributed by atoms with Gasteiger partial charge in [-0.25, -0.2) is 0 Å². The maximum absolute atomic E-state index is 11.7. The molecule has 0 bridgehead atoms. The molecule has 1 aliphatic rings. The Morgan fingerprint density at radius 3 is 2.23 bits per heavy atom. The van der Waals surface area contributed by atoms with Crippen LogP contribution in [0.1, 0.15) is 41.0 Å². The first-order valence-corrected chi connectivity index (χ1v) is 5.19. The van der Waals surface area contributed by atoms with Gasteiger partial charge in [0.15, 0.2) is 0 Å². The standard InChI is InChI=1S/C11H21NO/c1-6-8-7(2)9(8)10(13)12-11(3,4)5/h7-9H,6H2,1-5H3,(H,12,13). The third-order valence-electron chi connectivity index (χ3n) is 2.83. The average molecular weight is 183 g/mol. The summed E-state index contributed by atoms with van der Waals surface area (Å²) >= 11 is 0. The van der Waals surface area contributed by atoms with E-state index in [4.69, 9.17) is 0 Å². The molecule has 76 valence electrons. The van der Waals surface area contributed by atoms with Crippen molar-refractivity contribution < 1.29 is 4.79 Å². The quantitative estimate of drug-likeness (QED) is 0.698. The third kappa shape index (κ3) is 2.45. The van der Waals surface area contributed by atoms with Crippen LogP contribution in [0.5, 0.6) is 0 Å². The van der Waals surface area contributed by atoms with Gasteiger partial charge in [-0.1, -0.05) is 20.3 Å². The van der Waals surface area contributed by atoms with Crippen molar-refractivity contribution in [2.24, 2.45) is 17.8 Å². The Morgan fingerprint density at radius 2 is 1.92 bits per heavy atom. The summed E-state index contributed by atoms with van der Waals surface area (Å²) in [6.07, 6.45) is 1.13. The van der Waals surface area contributed by atoms with Gasteiger partial charge in [0.2, 0.25) is 5.91 Å². The van der Waals surface area contributed by atoms with Gasteiger partial charge in [0.25, 0.3) is 0 Å². The second kappa shape index (κ2) is 3.32. The van der Waals surface area contributed by atoms with Gasteiger partial charge in [-0.2, -0.15) is 0 Å². The van der Waals surface area contributed by atoms with E-state index in [1.165, 1.54) is 0 Å². The molecule has 0 aromatic heterocycles. The Bertz CT molecular complexity index is 205. The molecule has 2 nitrogen and oxygen atoms in total. The largest absolute Gasteiger partial charge is 0.351 e. The molecule has 1 fully saturated rings. The van der Waals surface area contributed by atoms with Crippen LogP contribution in [0.3, 0.4) is 0 Å². The summed E-state index contributed by atoms with van der Waals surface area (Å²) in [6.45, 7) is 10.4. The van der Waals surface area contributed by atoms with Crippen LogP contribution in [-0.2, 0) is 4.79 Å². The topological polar surface area (TPSA) is 29.1 Å². The SMILES string of the molecule is CCC1C(C)C1C(=O)NC(C)(C)C. The van der Waals surface area contributed by atoms with Crippen molar-refractivity contribution >= 4 is 5.91 Å². The summed E-state index contributed by atoms with van der Waals surface area (Å²) in [5, 5.41) is 3.04. The van der Waals surface area contributed by atoms with E-state index in [1.54, 1.807) is 0 Å². The van der Waals surface area contributed by atoms with Gasteiger partial charge in [-0.05, 0) is 32.6 Å². The van der Waals surface area contributed by atoms with E-state index in [9.17, 15) is 4.79 Å². The van der Waals surface area contributed by atoms with E-state index in [-0.39, 0.29) is 17.4 Å². The van der Waals surface area contributed by atoms with Gasteiger partial charge in [-0.3, -0.25) is 4.79 Å². The fourth-order valence-corrected chi connectivity index (χ4v) is 2.06. The lowest BCUT2D eigenvalue weighted by atomic mass is 10.1. The van der Waals surface area contributed by atoms with Gasteiger partial charge in [0.05, 0.1) is 0 Å². The number of amides is 1. The van der Waals surface area contributed by atoms with Gasteiger partial charge in [0.1, 0.15) is 0 Å². The highest BCUT2D eigenvalue weighted by Crippen LogP contribution is 2.48. The first kappa shape index (κ1) is 10.6. The van der Waals surface area contributed by atoms with E-state index in [2.05, 4.69) is 19.2 Å². The van der Waals surface area contributed by atoms with Crippen molar-refractivity contribution in [3.8, 4) is 0 Å². The van der Waals surface area contributed by atoms with Crippen molar-refractivity contribution in [1.29, 1.82) is 0 Å². The predicted molar refractivity (Wildman–Crippen MR) is 54.3 cm³/mol. The first-order valence-electron chi connectivity index (χ1n) is 5.19. The summed E-state index contributed by atoms with van der Waals surface area (Å²) in [4.78, 5) is 11.7. The Kier molecular flexibility index (Phi) is 2.69. The van der Waals surface area contributed by atoms with Crippen molar-refractivity contribution in [3.63, 3.8) is 0 Å². The van der Waals surface area contributed by atoms with Crippen LogP contribution >= 0.6 is 0 Å². The van der Waals surface area contributed by atoms with E-state index >= 15 is 0 Å². The fraction of sp³-hybridized carbons (Fsp3) is 0.909. The summed E-state index contributed by atoms with van der Waals surface area (Å²) in [5.41, 5.74) is -0.0856. The molecule has 1 amide bonds. The van der Waals surface area contributed by atoms with Crippen LogP contribution < -0.4 is 5.32 Å². The lowest BCUT2D eigenvalue weighted by Gasteiger charge is -2.20. The third-order valence-corrected chi connectivity index (χ3v) is 2.83. The second-order valence-electron chi connectivity index (χ2n) is 5.20. The second-order valence-corrected chi connectivity index (χ2v) is 5.20. The smallest absolute Gasteiger partial charge is 0.224 e. The molecule has 1 saturated carbocycles. The molecule has 3 atom stereocenters. The van der Waals surface area contributed by atoms with Crippen LogP contribution in [0.25, 0.3) is 0 Å². The highest BCUT2D eigenvalue weighted by Gasteiger charge is 2.50. The zero-order valence-corrected chi connectivity index (χ0v) is 9.35. The van der Waals surface area contributed by atoms with Gasteiger partial charge in [0, 0.05) is 11.5 Å². The highest BCUT2D eigenvalue weighted by molar-refractivity contribution is 5.82. The minimum absolute atomic E-state index is 0.0856. The minimum Gasteiger partial charge on any atom is -0.351 e. The molecule has 0 saturated heterocycles. The van der Waals surface area contributed by atoms with E-state index in [0.29, 0.717) is 11.8 Å². The molecule has 13 heavy (non-hydrogen) atoms. The molecule has 0 aromatic rings. The van der Waals surface area contributed by atoms with Crippen molar-refractivity contribution in [2.75, 3.05) is 0 Å². The molecule has 0 spiro atoms. The molecule has 1 rings (SSSR count). The van der Waals surface area contributed by atoms with Gasteiger partial charge in [-0.15, -0.1) is 0 Å². The average Bonchev–Trinajstić information content (AvgIpc) is 2.57. The number of hydrogen-bond donors (Lipinski definition) is 1. The summed E-state index contributed by atoms with van der Waals surface area (Å²) in [6, 6.07) is 0. The summed E-state index contributed by atoms with van der Waals surface area (Å²) in [7, 11) is 0. The van der Waals surface area contributed by atoms with Gasteiger partial charge < -0.3 is 5.32 Å². The first-order chi connectivity index (χ1) is 5.87. The number of hydrogen-bond acceptors (Lipinski definition) is 1. The Hall–Kier alpha value is -0.530.